The van der Waals surface area contributed by atoms with Gasteiger partial charge in [-0.1, -0.05) is 6.07 Å². The molecule has 1 fully saturated rings. The zero-order chi connectivity index (χ0) is 13.7. The molecule has 0 bridgehead atoms. The molecule has 1 aromatic rings. The molecule has 2 rings (SSSR count). The smallest absolute Gasteiger partial charge is 0.217 e. The van der Waals surface area contributed by atoms with Gasteiger partial charge in [0.1, 0.15) is 5.82 Å². The number of amides is 1. The van der Waals surface area contributed by atoms with E-state index in [0.29, 0.717) is 6.04 Å². The number of piperidine rings is 1. The van der Waals surface area contributed by atoms with Gasteiger partial charge in [0, 0.05) is 45.8 Å². The normalized spacial score (nSPS) is 17.2. The van der Waals surface area contributed by atoms with Crippen LogP contribution in [-0.2, 0) is 11.3 Å². The Morgan fingerprint density at radius 3 is 2.68 bits per heavy atom. The fourth-order valence-electron chi connectivity index (χ4n) is 2.45. The second-order valence-electron chi connectivity index (χ2n) is 5.05. The van der Waals surface area contributed by atoms with E-state index in [2.05, 4.69) is 26.6 Å². The van der Waals surface area contributed by atoms with E-state index in [1.54, 1.807) is 6.92 Å². The first-order valence-corrected chi connectivity index (χ1v) is 6.79. The maximum atomic E-state index is 11.0. The summed E-state index contributed by atoms with van der Waals surface area (Å²) in [6, 6.07) is 4.46. The highest BCUT2D eigenvalue weighted by molar-refractivity contribution is 5.73. The van der Waals surface area contributed by atoms with E-state index in [4.69, 9.17) is 0 Å². The summed E-state index contributed by atoms with van der Waals surface area (Å²) in [5, 5.41) is 6.01. The van der Waals surface area contributed by atoms with Gasteiger partial charge in [-0.05, 0) is 24.5 Å². The molecule has 2 N–H and O–H groups in total. The fraction of sp³-hybridized carbons (Fsp3) is 0.571. The molecular formula is C14H22N4O. The predicted molar refractivity (Wildman–Crippen MR) is 75.9 cm³/mol. The second kappa shape index (κ2) is 6.52. The molecule has 1 aromatic heterocycles. The molecule has 0 atom stereocenters. The maximum Gasteiger partial charge on any atom is 0.217 e. The van der Waals surface area contributed by atoms with Crippen molar-refractivity contribution in [3.63, 3.8) is 0 Å². The molecular weight excluding hydrogens is 240 g/mol. The van der Waals surface area contributed by atoms with Crippen molar-refractivity contribution in [3.05, 3.63) is 23.9 Å². The van der Waals surface area contributed by atoms with Gasteiger partial charge in [-0.3, -0.25) is 9.69 Å². The number of hydrogen-bond donors (Lipinski definition) is 2. The zero-order valence-corrected chi connectivity index (χ0v) is 11.6. The summed E-state index contributed by atoms with van der Waals surface area (Å²) >= 11 is 0. The minimum atomic E-state index is 0.0744. The molecule has 0 saturated carbocycles. The third kappa shape index (κ3) is 4.21. The lowest BCUT2D eigenvalue weighted by molar-refractivity contribution is -0.119. The van der Waals surface area contributed by atoms with E-state index in [1.165, 1.54) is 5.56 Å². The largest absolute Gasteiger partial charge is 0.373 e. The summed E-state index contributed by atoms with van der Waals surface area (Å²) in [6.45, 7) is 4.57. The van der Waals surface area contributed by atoms with Crippen LogP contribution in [-0.4, -0.2) is 42.0 Å². The standard InChI is InChI=1S/C14H22N4O/c1-11(19)17-13-5-7-18(8-6-13)10-12-3-4-14(15-2)16-9-12/h3-4,9,13H,5-8,10H2,1-2H3,(H,15,16)(H,17,19). The molecule has 1 amide bonds. The Morgan fingerprint density at radius 2 is 2.16 bits per heavy atom. The minimum Gasteiger partial charge on any atom is -0.373 e. The van der Waals surface area contributed by atoms with E-state index in [9.17, 15) is 4.79 Å². The Morgan fingerprint density at radius 1 is 1.42 bits per heavy atom. The fourth-order valence-corrected chi connectivity index (χ4v) is 2.45. The summed E-state index contributed by atoms with van der Waals surface area (Å²) in [4.78, 5) is 17.7. The van der Waals surface area contributed by atoms with Crippen molar-refractivity contribution in [2.75, 3.05) is 25.5 Å². The van der Waals surface area contributed by atoms with E-state index in [1.807, 2.05) is 19.3 Å². The van der Waals surface area contributed by atoms with Crippen LogP contribution < -0.4 is 10.6 Å². The quantitative estimate of drug-likeness (QED) is 0.857. The predicted octanol–water partition coefficient (Wildman–Crippen LogP) is 1.22. The van der Waals surface area contributed by atoms with Crippen LogP contribution in [0.5, 0.6) is 0 Å². The van der Waals surface area contributed by atoms with Crippen LogP contribution in [0.2, 0.25) is 0 Å². The summed E-state index contributed by atoms with van der Waals surface area (Å²) in [5.74, 6) is 0.971. The van der Waals surface area contributed by atoms with Gasteiger partial charge in [-0.25, -0.2) is 4.98 Å². The highest BCUT2D eigenvalue weighted by Gasteiger charge is 2.19. The lowest BCUT2D eigenvalue weighted by Gasteiger charge is -2.32. The van der Waals surface area contributed by atoms with E-state index >= 15 is 0 Å². The number of pyridine rings is 1. The van der Waals surface area contributed by atoms with Crippen molar-refractivity contribution >= 4 is 11.7 Å². The van der Waals surface area contributed by atoms with Gasteiger partial charge in [0.05, 0.1) is 0 Å². The van der Waals surface area contributed by atoms with E-state index in [0.717, 1.165) is 38.3 Å². The minimum absolute atomic E-state index is 0.0744. The molecule has 19 heavy (non-hydrogen) atoms. The van der Waals surface area contributed by atoms with Gasteiger partial charge in [-0.2, -0.15) is 0 Å². The molecule has 104 valence electrons. The lowest BCUT2D eigenvalue weighted by Crippen LogP contribution is -2.43. The highest BCUT2D eigenvalue weighted by atomic mass is 16.1. The molecule has 0 radical (unpaired) electrons. The van der Waals surface area contributed by atoms with E-state index in [-0.39, 0.29) is 5.91 Å². The third-order valence-corrected chi connectivity index (χ3v) is 3.48. The van der Waals surface area contributed by atoms with Crippen LogP contribution in [0, 0.1) is 0 Å². The SMILES string of the molecule is CNc1ccc(CN2CCC(NC(C)=O)CC2)cn1. The van der Waals surface area contributed by atoms with Crippen molar-refractivity contribution in [3.8, 4) is 0 Å². The van der Waals surface area contributed by atoms with Crippen molar-refractivity contribution in [1.82, 2.24) is 15.2 Å². The molecule has 0 unspecified atom stereocenters. The third-order valence-electron chi connectivity index (χ3n) is 3.48. The molecule has 1 aliphatic heterocycles. The monoisotopic (exact) mass is 262 g/mol. The summed E-state index contributed by atoms with van der Waals surface area (Å²) in [7, 11) is 1.87. The number of aromatic nitrogens is 1. The topological polar surface area (TPSA) is 57.3 Å². The molecule has 1 saturated heterocycles. The Labute approximate surface area is 114 Å². The van der Waals surface area contributed by atoms with Gasteiger partial charge in [-0.15, -0.1) is 0 Å². The van der Waals surface area contributed by atoms with Crippen molar-refractivity contribution < 1.29 is 4.79 Å². The summed E-state index contributed by atoms with van der Waals surface area (Å²) < 4.78 is 0. The van der Waals surface area contributed by atoms with Crippen molar-refractivity contribution in [1.29, 1.82) is 0 Å². The molecule has 5 nitrogen and oxygen atoms in total. The number of anilines is 1. The Kier molecular flexibility index (Phi) is 4.74. The Hall–Kier alpha value is -1.62. The lowest BCUT2D eigenvalue weighted by atomic mass is 10.0. The summed E-state index contributed by atoms with van der Waals surface area (Å²) in [6.07, 6.45) is 3.98. The number of nitrogens with zero attached hydrogens (tertiary/aromatic N) is 2. The zero-order valence-electron chi connectivity index (χ0n) is 11.6. The first-order chi connectivity index (χ1) is 9.17. The van der Waals surface area contributed by atoms with Gasteiger partial charge >= 0.3 is 0 Å². The Balaban J connectivity index is 1.80. The molecule has 0 aliphatic carbocycles. The number of likely N-dealkylation sites (tertiary alicyclic amines) is 1. The van der Waals surface area contributed by atoms with Crippen LogP contribution in [0.25, 0.3) is 0 Å². The van der Waals surface area contributed by atoms with Gasteiger partial charge in [0.2, 0.25) is 5.91 Å². The summed E-state index contributed by atoms with van der Waals surface area (Å²) in [5.41, 5.74) is 1.23. The van der Waals surface area contributed by atoms with Crippen LogP contribution in [0.15, 0.2) is 18.3 Å². The second-order valence-corrected chi connectivity index (χ2v) is 5.05. The number of nitrogens with one attached hydrogen (secondary N) is 2. The first-order valence-electron chi connectivity index (χ1n) is 6.79. The van der Waals surface area contributed by atoms with E-state index < -0.39 is 0 Å². The Bertz CT molecular complexity index is 410. The van der Waals surface area contributed by atoms with Crippen LogP contribution in [0.3, 0.4) is 0 Å². The average molecular weight is 262 g/mol. The van der Waals surface area contributed by atoms with Crippen molar-refractivity contribution in [2.24, 2.45) is 0 Å². The number of carbonyl (C=O) groups excluding carboxylic acids is 1. The van der Waals surface area contributed by atoms with Crippen LogP contribution in [0.4, 0.5) is 5.82 Å². The number of carbonyl (C=O) groups is 1. The molecule has 0 spiro atoms. The maximum absolute atomic E-state index is 11.0. The number of hydrogen-bond acceptors (Lipinski definition) is 4. The first kappa shape index (κ1) is 13.8. The molecule has 1 aliphatic rings. The van der Waals surface area contributed by atoms with Gasteiger partial charge < -0.3 is 10.6 Å². The van der Waals surface area contributed by atoms with Gasteiger partial charge in [0.15, 0.2) is 0 Å². The molecule has 2 heterocycles. The molecule has 0 aromatic carbocycles. The van der Waals surface area contributed by atoms with Gasteiger partial charge in [0.25, 0.3) is 0 Å². The average Bonchev–Trinajstić information content (AvgIpc) is 2.41. The van der Waals surface area contributed by atoms with Crippen LogP contribution >= 0.6 is 0 Å². The highest BCUT2D eigenvalue weighted by Crippen LogP contribution is 2.14. The number of rotatable bonds is 4. The van der Waals surface area contributed by atoms with Crippen molar-refractivity contribution in [2.45, 2.75) is 32.4 Å². The van der Waals surface area contributed by atoms with Crippen LogP contribution in [0.1, 0.15) is 25.3 Å². The molecule has 5 heteroatoms.